The van der Waals surface area contributed by atoms with Crippen molar-refractivity contribution in [2.75, 3.05) is 33.4 Å². The van der Waals surface area contributed by atoms with Crippen LogP contribution in [0.4, 0.5) is 0 Å². The number of carbonyl (C=O) groups excluding carboxylic acids is 1. The lowest BCUT2D eigenvalue weighted by molar-refractivity contribution is -0.145. The lowest BCUT2D eigenvalue weighted by Crippen LogP contribution is -2.16. The Morgan fingerprint density at radius 2 is 2.50 bits per heavy atom. The Hall–Kier alpha value is -0.610. The molecule has 1 rings (SSSR count). The van der Waals surface area contributed by atoms with Gasteiger partial charge >= 0.3 is 5.97 Å². The normalized spacial score (nSPS) is 21.1. The van der Waals surface area contributed by atoms with E-state index >= 15 is 0 Å². The van der Waals surface area contributed by atoms with Crippen molar-refractivity contribution in [2.45, 2.75) is 19.3 Å². The molecule has 4 heteroatoms. The Labute approximate surface area is 85.0 Å². The Kier molecular flexibility index (Phi) is 5.56. The third-order valence-corrected chi connectivity index (χ3v) is 2.31. The molecule has 1 aliphatic rings. The van der Waals surface area contributed by atoms with Crippen molar-refractivity contribution in [2.24, 2.45) is 5.92 Å². The van der Waals surface area contributed by atoms with E-state index in [1.165, 1.54) is 0 Å². The minimum atomic E-state index is -0.0906. The second kappa shape index (κ2) is 6.79. The molecule has 0 amide bonds. The van der Waals surface area contributed by atoms with Gasteiger partial charge in [-0.15, -0.1) is 0 Å². The van der Waals surface area contributed by atoms with Crippen LogP contribution in [0.25, 0.3) is 0 Å². The van der Waals surface area contributed by atoms with Gasteiger partial charge < -0.3 is 14.8 Å². The highest BCUT2D eigenvalue weighted by atomic mass is 16.5. The first kappa shape index (κ1) is 11.5. The molecule has 0 spiro atoms. The zero-order valence-corrected chi connectivity index (χ0v) is 8.75. The standard InChI is InChI=1S/C10H19NO3/c1-11-5-2-3-10(12)14-8-9-4-6-13-7-9/h9,11H,2-8H2,1H3. The van der Waals surface area contributed by atoms with Crippen molar-refractivity contribution in [3.8, 4) is 0 Å². The fraction of sp³-hybridized carbons (Fsp3) is 0.900. The maximum absolute atomic E-state index is 11.2. The van der Waals surface area contributed by atoms with Crippen molar-refractivity contribution in [3.63, 3.8) is 0 Å². The average Bonchev–Trinajstić information content (AvgIpc) is 2.68. The Morgan fingerprint density at radius 3 is 3.14 bits per heavy atom. The van der Waals surface area contributed by atoms with Crippen LogP contribution in [0.2, 0.25) is 0 Å². The van der Waals surface area contributed by atoms with E-state index in [4.69, 9.17) is 9.47 Å². The molecule has 82 valence electrons. The number of hydrogen-bond donors (Lipinski definition) is 1. The van der Waals surface area contributed by atoms with Crippen molar-refractivity contribution in [1.82, 2.24) is 5.32 Å². The summed E-state index contributed by atoms with van der Waals surface area (Å²) < 4.78 is 10.3. The van der Waals surface area contributed by atoms with E-state index in [9.17, 15) is 4.79 Å². The van der Waals surface area contributed by atoms with E-state index in [1.54, 1.807) is 0 Å². The van der Waals surface area contributed by atoms with Crippen LogP contribution in [0.5, 0.6) is 0 Å². The van der Waals surface area contributed by atoms with Crippen molar-refractivity contribution < 1.29 is 14.3 Å². The SMILES string of the molecule is CNCCCC(=O)OCC1CCOC1. The second-order valence-electron chi connectivity index (χ2n) is 3.62. The second-order valence-corrected chi connectivity index (χ2v) is 3.62. The van der Waals surface area contributed by atoms with E-state index in [-0.39, 0.29) is 5.97 Å². The van der Waals surface area contributed by atoms with Gasteiger partial charge in [-0.2, -0.15) is 0 Å². The first-order valence-electron chi connectivity index (χ1n) is 5.21. The van der Waals surface area contributed by atoms with E-state index in [0.29, 0.717) is 18.9 Å². The molecule has 1 N–H and O–H groups in total. The molecule has 1 aliphatic heterocycles. The summed E-state index contributed by atoms with van der Waals surface area (Å²) in [6, 6.07) is 0. The number of nitrogens with one attached hydrogen (secondary N) is 1. The molecule has 1 atom stereocenters. The first-order valence-corrected chi connectivity index (χ1v) is 5.21. The van der Waals surface area contributed by atoms with Gasteiger partial charge in [-0.1, -0.05) is 0 Å². The van der Waals surface area contributed by atoms with Crippen molar-refractivity contribution in [3.05, 3.63) is 0 Å². The largest absolute Gasteiger partial charge is 0.465 e. The van der Waals surface area contributed by atoms with Gasteiger partial charge in [-0.05, 0) is 26.4 Å². The highest BCUT2D eigenvalue weighted by Crippen LogP contribution is 2.12. The van der Waals surface area contributed by atoms with Gasteiger partial charge in [0.05, 0.1) is 13.2 Å². The molecule has 0 aromatic carbocycles. The minimum Gasteiger partial charge on any atom is -0.465 e. The molecule has 1 heterocycles. The van der Waals surface area contributed by atoms with Crippen LogP contribution < -0.4 is 5.32 Å². The van der Waals surface area contributed by atoms with Crippen LogP contribution in [-0.4, -0.2) is 39.4 Å². The predicted octanol–water partition coefficient (Wildman–Crippen LogP) is 0.566. The summed E-state index contributed by atoms with van der Waals surface area (Å²) in [7, 11) is 1.88. The van der Waals surface area contributed by atoms with E-state index in [1.807, 2.05) is 7.05 Å². The zero-order valence-electron chi connectivity index (χ0n) is 8.75. The van der Waals surface area contributed by atoms with Crippen LogP contribution in [-0.2, 0) is 14.3 Å². The van der Waals surface area contributed by atoms with Gasteiger partial charge in [0.25, 0.3) is 0 Å². The van der Waals surface area contributed by atoms with Crippen LogP contribution in [0.3, 0.4) is 0 Å². The summed E-state index contributed by atoms with van der Waals surface area (Å²) in [5.74, 6) is 0.329. The number of carbonyl (C=O) groups is 1. The number of ether oxygens (including phenoxy) is 2. The quantitative estimate of drug-likeness (QED) is 0.504. The molecule has 0 aromatic rings. The molecular weight excluding hydrogens is 182 g/mol. The molecule has 4 nitrogen and oxygen atoms in total. The third kappa shape index (κ3) is 4.58. The van der Waals surface area contributed by atoms with E-state index < -0.39 is 0 Å². The first-order chi connectivity index (χ1) is 6.83. The molecule has 0 radical (unpaired) electrons. The highest BCUT2D eigenvalue weighted by molar-refractivity contribution is 5.69. The van der Waals surface area contributed by atoms with Gasteiger partial charge in [0, 0.05) is 18.9 Å². The molecule has 0 aliphatic carbocycles. The van der Waals surface area contributed by atoms with Crippen LogP contribution in [0, 0.1) is 5.92 Å². The van der Waals surface area contributed by atoms with Gasteiger partial charge in [0.2, 0.25) is 0 Å². The van der Waals surface area contributed by atoms with Crippen molar-refractivity contribution >= 4 is 5.97 Å². The Morgan fingerprint density at radius 1 is 1.64 bits per heavy atom. The third-order valence-electron chi connectivity index (χ3n) is 2.31. The molecule has 14 heavy (non-hydrogen) atoms. The molecule has 0 bridgehead atoms. The smallest absolute Gasteiger partial charge is 0.305 e. The highest BCUT2D eigenvalue weighted by Gasteiger charge is 2.17. The van der Waals surface area contributed by atoms with Gasteiger partial charge in [-0.25, -0.2) is 0 Å². The van der Waals surface area contributed by atoms with Crippen LogP contribution >= 0.6 is 0 Å². The summed E-state index contributed by atoms with van der Waals surface area (Å²) in [6.45, 7) is 2.94. The fourth-order valence-electron chi connectivity index (χ4n) is 1.41. The summed E-state index contributed by atoms with van der Waals surface area (Å²) in [5, 5.41) is 2.99. The zero-order chi connectivity index (χ0) is 10.2. The maximum atomic E-state index is 11.2. The van der Waals surface area contributed by atoms with Gasteiger partial charge in [0.15, 0.2) is 0 Å². The summed E-state index contributed by atoms with van der Waals surface area (Å²) in [4.78, 5) is 11.2. The van der Waals surface area contributed by atoms with E-state index in [0.717, 1.165) is 32.6 Å². The van der Waals surface area contributed by atoms with Crippen LogP contribution in [0.1, 0.15) is 19.3 Å². The number of esters is 1. The topological polar surface area (TPSA) is 47.6 Å². The number of hydrogen-bond acceptors (Lipinski definition) is 4. The summed E-state index contributed by atoms with van der Waals surface area (Å²) >= 11 is 0. The summed E-state index contributed by atoms with van der Waals surface area (Å²) in [5.41, 5.74) is 0. The summed E-state index contributed by atoms with van der Waals surface area (Å²) in [6.07, 6.45) is 2.37. The molecular formula is C10H19NO3. The Bertz CT molecular complexity index is 167. The van der Waals surface area contributed by atoms with Gasteiger partial charge in [0.1, 0.15) is 0 Å². The monoisotopic (exact) mass is 201 g/mol. The molecule has 1 unspecified atom stereocenters. The van der Waals surface area contributed by atoms with E-state index in [2.05, 4.69) is 5.32 Å². The lowest BCUT2D eigenvalue weighted by atomic mass is 10.1. The van der Waals surface area contributed by atoms with Crippen molar-refractivity contribution in [1.29, 1.82) is 0 Å². The molecule has 0 saturated carbocycles. The van der Waals surface area contributed by atoms with Gasteiger partial charge in [-0.3, -0.25) is 4.79 Å². The Balaban J connectivity index is 1.96. The lowest BCUT2D eigenvalue weighted by Gasteiger charge is -2.08. The maximum Gasteiger partial charge on any atom is 0.305 e. The molecule has 1 saturated heterocycles. The number of rotatable bonds is 6. The fourth-order valence-corrected chi connectivity index (χ4v) is 1.41. The van der Waals surface area contributed by atoms with Crippen LogP contribution in [0.15, 0.2) is 0 Å². The molecule has 1 fully saturated rings. The average molecular weight is 201 g/mol. The minimum absolute atomic E-state index is 0.0906. The molecule has 0 aromatic heterocycles. The predicted molar refractivity (Wildman–Crippen MR) is 53.0 cm³/mol.